The third kappa shape index (κ3) is 3.72. The van der Waals surface area contributed by atoms with Gasteiger partial charge in [-0.2, -0.15) is 0 Å². The van der Waals surface area contributed by atoms with Crippen LogP contribution in [0.3, 0.4) is 0 Å². The molecule has 0 spiro atoms. The molecule has 0 aliphatic heterocycles. The Morgan fingerprint density at radius 2 is 2.00 bits per heavy atom. The number of esters is 1. The summed E-state index contributed by atoms with van der Waals surface area (Å²) in [6.07, 6.45) is 2.39. The molecule has 1 aromatic rings. The van der Waals surface area contributed by atoms with E-state index in [1.54, 1.807) is 13.8 Å². The van der Waals surface area contributed by atoms with Crippen molar-refractivity contribution < 1.29 is 14.3 Å². The molecule has 1 heterocycles. The lowest BCUT2D eigenvalue weighted by atomic mass is 10.1. The van der Waals surface area contributed by atoms with E-state index >= 15 is 0 Å². The summed E-state index contributed by atoms with van der Waals surface area (Å²) < 4.78 is 5.02. The van der Waals surface area contributed by atoms with Gasteiger partial charge in [0.1, 0.15) is 10.6 Å². The first-order valence-electron chi connectivity index (χ1n) is 6.93. The summed E-state index contributed by atoms with van der Waals surface area (Å²) in [5.41, 5.74) is 6.50. The molecule has 1 aromatic heterocycles. The number of thiophene rings is 1. The molecule has 0 amide bonds. The van der Waals surface area contributed by atoms with Gasteiger partial charge in [0.15, 0.2) is 5.78 Å². The molecular formula is C14H22N2O3S. The van der Waals surface area contributed by atoms with Crippen molar-refractivity contribution in [2.45, 2.75) is 40.0 Å². The second-order valence-electron chi connectivity index (χ2n) is 4.33. The molecule has 0 saturated carbocycles. The predicted molar refractivity (Wildman–Crippen MR) is 82.7 cm³/mol. The summed E-state index contributed by atoms with van der Waals surface area (Å²) in [6, 6.07) is 0. The van der Waals surface area contributed by atoms with Gasteiger partial charge in [0.05, 0.1) is 17.2 Å². The number of unbranched alkanes of at least 4 members (excludes halogenated alkanes) is 1. The van der Waals surface area contributed by atoms with Gasteiger partial charge in [-0.15, -0.1) is 11.3 Å². The number of nitrogen functional groups attached to an aromatic ring is 1. The minimum absolute atomic E-state index is 0.0541. The number of hydrogen-bond donors (Lipinski definition) is 2. The van der Waals surface area contributed by atoms with E-state index in [0.717, 1.165) is 19.4 Å². The molecule has 0 saturated heterocycles. The predicted octanol–water partition coefficient (Wildman–Crippen LogP) is 3.31. The van der Waals surface area contributed by atoms with Crippen LogP contribution in [0.25, 0.3) is 0 Å². The summed E-state index contributed by atoms with van der Waals surface area (Å²) in [5.74, 6) is -0.531. The molecule has 20 heavy (non-hydrogen) atoms. The molecule has 0 fully saturated rings. The van der Waals surface area contributed by atoms with Crippen molar-refractivity contribution in [3.05, 3.63) is 10.4 Å². The van der Waals surface area contributed by atoms with Gasteiger partial charge in [0.2, 0.25) is 0 Å². The molecule has 0 aliphatic carbocycles. The quantitative estimate of drug-likeness (QED) is 0.437. The lowest BCUT2D eigenvalue weighted by Crippen LogP contribution is -2.11. The number of Topliss-reactive ketones (excluding diaryl/α,β-unsaturated/α-hetero) is 1. The summed E-state index contributed by atoms with van der Waals surface area (Å²) in [5, 5.41) is 3.81. The molecule has 1 rings (SSSR count). The second kappa shape index (κ2) is 7.89. The summed E-state index contributed by atoms with van der Waals surface area (Å²) in [6.45, 7) is 6.61. The highest BCUT2D eigenvalue weighted by Gasteiger charge is 2.25. The average Bonchev–Trinajstić information content (AvgIpc) is 2.75. The zero-order chi connectivity index (χ0) is 15.1. The van der Waals surface area contributed by atoms with Crippen molar-refractivity contribution in [2.75, 3.05) is 24.2 Å². The highest BCUT2D eigenvalue weighted by Crippen LogP contribution is 2.37. The Balaban J connectivity index is 3.11. The Hall–Kier alpha value is -1.56. The fourth-order valence-electron chi connectivity index (χ4n) is 1.72. The van der Waals surface area contributed by atoms with E-state index in [1.807, 2.05) is 0 Å². The number of rotatable bonds is 8. The molecule has 0 bridgehead atoms. The molecule has 0 aromatic carbocycles. The number of hydrogen-bond acceptors (Lipinski definition) is 6. The van der Waals surface area contributed by atoms with Gasteiger partial charge in [-0.25, -0.2) is 4.79 Å². The smallest absolute Gasteiger partial charge is 0.343 e. The van der Waals surface area contributed by atoms with Gasteiger partial charge in [0, 0.05) is 13.0 Å². The minimum atomic E-state index is -0.476. The third-order valence-corrected chi connectivity index (χ3v) is 4.02. The number of carbonyl (C=O) groups is 2. The molecule has 0 unspecified atom stereocenters. The van der Waals surface area contributed by atoms with Crippen molar-refractivity contribution in [1.29, 1.82) is 0 Å². The molecule has 0 aliphatic rings. The maximum absolute atomic E-state index is 12.0. The first-order valence-corrected chi connectivity index (χ1v) is 7.74. The number of ketones is 1. The van der Waals surface area contributed by atoms with Crippen molar-refractivity contribution in [3.8, 4) is 0 Å². The van der Waals surface area contributed by atoms with E-state index in [-0.39, 0.29) is 18.1 Å². The van der Waals surface area contributed by atoms with Crippen LogP contribution >= 0.6 is 11.3 Å². The summed E-state index contributed by atoms with van der Waals surface area (Å²) in [7, 11) is 0. The fraction of sp³-hybridized carbons (Fsp3) is 0.571. The average molecular weight is 298 g/mol. The lowest BCUT2D eigenvalue weighted by Gasteiger charge is -2.06. The first kappa shape index (κ1) is 16.5. The summed E-state index contributed by atoms with van der Waals surface area (Å²) >= 11 is 1.24. The largest absolute Gasteiger partial charge is 0.462 e. The minimum Gasteiger partial charge on any atom is -0.462 e. The van der Waals surface area contributed by atoms with E-state index < -0.39 is 5.97 Å². The fourth-order valence-corrected chi connectivity index (χ4v) is 2.86. The van der Waals surface area contributed by atoms with E-state index in [1.165, 1.54) is 11.3 Å². The maximum atomic E-state index is 12.0. The Morgan fingerprint density at radius 1 is 1.30 bits per heavy atom. The van der Waals surface area contributed by atoms with Gasteiger partial charge >= 0.3 is 5.97 Å². The van der Waals surface area contributed by atoms with Crippen molar-refractivity contribution in [1.82, 2.24) is 0 Å². The second-order valence-corrected chi connectivity index (χ2v) is 5.35. The Morgan fingerprint density at radius 3 is 2.55 bits per heavy atom. The molecule has 0 atom stereocenters. The van der Waals surface area contributed by atoms with Gasteiger partial charge in [-0.1, -0.05) is 20.3 Å². The number of nitrogens with two attached hydrogens (primary N) is 1. The van der Waals surface area contributed by atoms with E-state index in [9.17, 15) is 9.59 Å². The van der Waals surface area contributed by atoms with Crippen LogP contribution in [0, 0.1) is 0 Å². The van der Waals surface area contributed by atoms with Gasteiger partial charge in [-0.3, -0.25) is 4.79 Å². The number of ether oxygens (including phenoxy) is 1. The van der Waals surface area contributed by atoms with Crippen LogP contribution in [0.15, 0.2) is 0 Å². The number of nitrogens with one attached hydrogen (secondary N) is 1. The normalized spacial score (nSPS) is 10.3. The van der Waals surface area contributed by atoms with E-state index in [4.69, 9.17) is 10.5 Å². The zero-order valence-electron chi connectivity index (χ0n) is 12.2. The van der Waals surface area contributed by atoms with E-state index in [2.05, 4.69) is 12.2 Å². The van der Waals surface area contributed by atoms with Crippen molar-refractivity contribution in [2.24, 2.45) is 0 Å². The Labute approximate surface area is 123 Å². The molecule has 5 nitrogen and oxygen atoms in total. The molecule has 112 valence electrons. The monoisotopic (exact) mass is 298 g/mol. The van der Waals surface area contributed by atoms with Crippen LogP contribution in [0.2, 0.25) is 0 Å². The van der Waals surface area contributed by atoms with Gasteiger partial charge < -0.3 is 15.8 Å². The topological polar surface area (TPSA) is 81.4 Å². The van der Waals surface area contributed by atoms with Gasteiger partial charge in [0.25, 0.3) is 0 Å². The third-order valence-electron chi connectivity index (χ3n) is 2.81. The molecular weight excluding hydrogens is 276 g/mol. The molecule has 3 N–H and O–H groups in total. The van der Waals surface area contributed by atoms with E-state index in [0.29, 0.717) is 21.9 Å². The van der Waals surface area contributed by atoms with Crippen molar-refractivity contribution >= 4 is 33.8 Å². The number of carbonyl (C=O) groups excluding carboxylic acids is 2. The maximum Gasteiger partial charge on any atom is 0.343 e. The van der Waals surface area contributed by atoms with Crippen LogP contribution in [-0.4, -0.2) is 24.9 Å². The van der Waals surface area contributed by atoms with Crippen LogP contribution in [-0.2, 0) is 4.74 Å². The lowest BCUT2D eigenvalue weighted by molar-refractivity contribution is 0.0529. The number of anilines is 2. The molecule has 6 heteroatoms. The molecule has 0 radical (unpaired) electrons. The SMILES string of the molecule is CCCCNc1sc(C(=O)CC)c(N)c1C(=O)OCC. The zero-order valence-corrected chi connectivity index (χ0v) is 13.1. The standard InChI is InChI=1S/C14H22N2O3S/c1-4-7-8-16-13-10(14(18)19-6-3)11(15)12(20-13)9(17)5-2/h16H,4-8,15H2,1-3H3. The van der Waals surface area contributed by atoms with Crippen molar-refractivity contribution in [3.63, 3.8) is 0 Å². The first-order chi connectivity index (χ1) is 9.56. The Bertz CT molecular complexity index is 483. The van der Waals surface area contributed by atoms with Crippen LogP contribution < -0.4 is 11.1 Å². The van der Waals surface area contributed by atoms with Gasteiger partial charge in [-0.05, 0) is 13.3 Å². The highest BCUT2D eigenvalue weighted by atomic mass is 32.1. The highest BCUT2D eigenvalue weighted by molar-refractivity contribution is 7.19. The van der Waals surface area contributed by atoms with Crippen LogP contribution in [0.5, 0.6) is 0 Å². The van der Waals surface area contributed by atoms with Crippen LogP contribution in [0.1, 0.15) is 60.1 Å². The van der Waals surface area contributed by atoms with Crippen LogP contribution in [0.4, 0.5) is 10.7 Å². The summed E-state index contributed by atoms with van der Waals surface area (Å²) in [4.78, 5) is 24.3. The Kier molecular flexibility index (Phi) is 6.51.